The Morgan fingerprint density at radius 1 is 1.67 bits per heavy atom. The first kappa shape index (κ1) is 10.3. The second kappa shape index (κ2) is 4.53. The minimum Gasteiger partial charge on any atom is -0.477 e. The van der Waals surface area contributed by atoms with E-state index < -0.39 is 5.97 Å². The predicted molar refractivity (Wildman–Crippen MR) is 57.6 cm³/mol. The number of carboxylic acid groups (broad SMARTS) is 1. The van der Waals surface area contributed by atoms with Crippen LogP contribution in [-0.2, 0) is 0 Å². The van der Waals surface area contributed by atoms with Gasteiger partial charge in [0.15, 0.2) is 0 Å². The lowest BCUT2D eigenvalue weighted by Gasteiger charge is -2.12. The normalized spacial score (nSPS) is 20.1. The molecule has 1 aliphatic heterocycles. The summed E-state index contributed by atoms with van der Waals surface area (Å²) in [5.41, 5.74) is 0.134. The first-order chi connectivity index (χ1) is 7.27. The van der Waals surface area contributed by atoms with Crippen LogP contribution in [0.25, 0.3) is 0 Å². The van der Waals surface area contributed by atoms with Gasteiger partial charge < -0.3 is 9.84 Å². The number of thioether (sulfide) groups is 1. The highest BCUT2D eigenvalue weighted by Crippen LogP contribution is 2.23. The van der Waals surface area contributed by atoms with Crippen molar-refractivity contribution in [3.63, 3.8) is 0 Å². The summed E-state index contributed by atoms with van der Waals surface area (Å²) in [6, 6.07) is 3.10. The van der Waals surface area contributed by atoms with Gasteiger partial charge in [-0.3, -0.25) is 0 Å². The number of ether oxygens (including phenoxy) is 1. The third kappa shape index (κ3) is 2.41. The van der Waals surface area contributed by atoms with Crippen LogP contribution in [0.1, 0.15) is 16.8 Å². The molecule has 0 bridgehead atoms. The SMILES string of the molecule is O=C(O)c1cccnc1O[C@H]1CCSC1. The molecule has 0 radical (unpaired) electrons. The molecule has 1 N–H and O–H groups in total. The largest absolute Gasteiger partial charge is 0.477 e. The lowest BCUT2D eigenvalue weighted by molar-refractivity contribution is 0.0688. The van der Waals surface area contributed by atoms with E-state index in [1.807, 2.05) is 11.8 Å². The van der Waals surface area contributed by atoms with E-state index in [0.29, 0.717) is 0 Å². The Morgan fingerprint density at radius 3 is 3.20 bits per heavy atom. The summed E-state index contributed by atoms with van der Waals surface area (Å²) >= 11 is 1.82. The molecule has 0 aliphatic carbocycles. The molecule has 1 atom stereocenters. The number of aromatic carboxylic acids is 1. The fourth-order valence-electron chi connectivity index (χ4n) is 1.41. The zero-order chi connectivity index (χ0) is 10.7. The van der Waals surface area contributed by atoms with Crippen molar-refractivity contribution in [1.29, 1.82) is 0 Å². The topological polar surface area (TPSA) is 59.4 Å². The van der Waals surface area contributed by atoms with Gasteiger partial charge in [-0.15, -0.1) is 0 Å². The Kier molecular flexibility index (Phi) is 3.11. The smallest absolute Gasteiger partial charge is 0.341 e. The molecule has 0 unspecified atom stereocenters. The zero-order valence-electron chi connectivity index (χ0n) is 8.05. The second-order valence-corrected chi connectivity index (χ2v) is 4.41. The van der Waals surface area contributed by atoms with E-state index >= 15 is 0 Å². The first-order valence-corrected chi connectivity index (χ1v) is 5.85. The van der Waals surface area contributed by atoms with Crippen molar-refractivity contribution in [2.75, 3.05) is 11.5 Å². The molecule has 0 aromatic carbocycles. The summed E-state index contributed by atoms with van der Waals surface area (Å²) in [4.78, 5) is 14.8. The minimum atomic E-state index is -0.997. The molecule has 2 heterocycles. The summed E-state index contributed by atoms with van der Waals surface area (Å²) in [5.74, 6) is 1.22. The fourth-order valence-corrected chi connectivity index (χ4v) is 2.51. The van der Waals surface area contributed by atoms with Crippen molar-refractivity contribution in [1.82, 2.24) is 4.98 Å². The maximum Gasteiger partial charge on any atom is 0.341 e. The summed E-state index contributed by atoms with van der Waals surface area (Å²) in [7, 11) is 0. The Labute approximate surface area is 91.7 Å². The third-order valence-electron chi connectivity index (χ3n) is 2.17. The number of nitrogens with zero attached hydrogens (tertiary/aromatic N) is 1. The van der Waals surface area contributed by atoms with Crippen molar-refractivity contribution >= 4 is 17.7 Å². The Morgan fingerprint density at radius 2 is 2.53 bits per heavy atom. The van der Waals surface area contributed by atoms with E-state index in [-0.39, 0.29) is 17.5 Å². The summed E-state index contributed by atoms with van der Waals surface area (Å²) in [6.45, 7) is 0. The minimum absolute atomic E-state index is 0.1000. The molecular formula is C10H11NO3S. The molecule has 1 fully saturated rings. The van der Waals surface area contributed by atoms with Gasteiger partial charge in [-0.05, 0) is 24.3 Å². The lowest BCUT2D eigenvalue weighted by atomic mass is 10.2. The Bertz CT molecular complexity index is 363. The molecule has 2 rings (SSSR count). The van der Waals surface area contributed by atoms with E-state index in [2.05, 4.69) is 4.98 Å². The van der Waals surface area contributed by atoms with Crippen molar-refractivity contribution in [2.45, 2.75) is 12.5 Å². The standard InChI is InChI=1S/C10H11NO3S/c12-10(13)8-2-1-4-11-9(8)14-7-3-5-15-6-7/h1-2,4,7H,3,5-6H2,(H,12,13)/t7-/m0/s1. The number of carboxylic acids is 1. The number of hydrogen-bond donors (Lipinski definition) is 1. The van der Waals surface area contributed by atoms with Crippen LogP contribution >= 0.6 is 11.8 Å². The predicted octanol–water partition coefficient (Wildman–Crippen LogP) is 1.66. The van der Waals surface area contributed by atoms with Crippen LogP contribution in [0.15, 0.2) is 18.3 Å². The molecule has 0 amide bonds. The average molecular weight is 225 g/mol. The molecule has 4 nitrogen and oxygen atoms in total. The van der Waals surface area contributed by atoms with Gasteiger partial charge in [0.25, 0.3) is 0 Å². The van der Waals surface area contributed by atoms with Gasteiger partial charge in [0.1, 0.15) is 11.7 Å². The maximum atomic E-state index is 10.9. The number of aromatic nitrogens is 1. The molecule has 1 saturated heterocycles. The van der Waals surface area contributed by atoms with Gasteiger partial charge in [-0.2, -0.15) is 11.8 Å². The highest BCUT2D eigenvalue weighted by molar-refractivity contribution is 7.99. The number of carbonyl (C=O) groups is 1. The van der Waals surface area contributed by atoms with Crippen molar-refractivity contribution < 1.29 is 14.6 Å². The van der Waals surface area contributed by atoms with E-state index in [0.717, 1.165) is 17.9 Å². The zero-order valence-corrected chi connectivity index (χ0v) is 8.87. The van der Waals surface area contributed by atoms with Gasteiger partial charge in [-0.25, -0.2) is 9.78 Å². The molecule has 0 saturated carbocycles. The third-order valence-corrected chi connectivity index (χ3v) is 3.30. The molecule has 5 heteroatoms. The van der Waals surface area contributed by atoms with Crippen LogP contribution in [0, 0.1) is 0 Å². The number of pyridine rings is 1. The monoisotopic (exact) mass is 225 g/mol. The molecule has 0 spiro atoms. The molecular weight excluding hydrogens is 214 g/mol. The summed E-state index contributed by atoms with van der Waals surface area (Å²) in [6.07, 6.45) is 2.60. The molecule has 1 aromatic heterocycles. The van der Waals surface area contributed by atoms with Crippen molar-refractivity contribution in [3.05, 3.63) is 23.9 Å². The molecule has 15 heavy (non-hydrogen) atoms. The van der Waals surface area contributed by atoms with Gasteiger partial charge in [0.2, 0.25) is 5.88 Å². The van der Waals surface area contributed by atoms with Crippen molar-refractivity contribution in [3.8, 4) is 5.88 Å². The van der Waals surface area contributed by atoms with Crippen LogP contribution in [0.2, 0.25) is 0 Å². The average Bonchev–Trinajstić information content (AvgIpc) is 2.71. The van der Waals surface area contributed by atoms with Crippen LogP contribution in [0.5, 0.6) is 5.88 Å². The molecule has 1 aliphatic rings. The van der Waals surface area contributed by atoms with Crippen LogP contribution in [0.4, 0.5) is 0 Å². The van der Waals surface area contributed by atoms with E-state index in [4.69, 9.17) is 9.84 Å². The molecule has 1 aromatic rings. The second-order valence-electron chi connectivity index (χ2n) is 3.26. The van der Waals surface area contributed by atoms with Crippen LogP contribution < -0.4 is 4.74 Å². The summed E-state index contributed by atoms with van der Waals surface area (Å²) < 4.78 is 5.55. The van der Waals surface area contributed by atoms with Gasteiger partial charge >= 0.3 is 5.97 Å². The maximum absolute atomic E-state index is 10.9. The first-order valence-electron chi connectivity index (χ1n) is 4.70. The van der Waals surface area contributed by atoms with Gasteiger partial charge in [0.05, 0.1) is 0 Å². The van der Waals surface area contributed by atoms with E-state index in [1.165, 1.54) is 6.07 Å². The number of rotatable bonds is 3. The van der Waals surface area contributed by atoms with E-state index in [9.17, 15) is 4.79 Å². The Balaban J connectivity index is 2.15. The quantitative estimate of drug-likeness (QED) is 0.847. The van der Waals surface area contributed by atoms with Gasteiger partial charge in [0, 0.05) is 11.9 Å². The van der Waals surface area contributed by atoms with Crippen LogP contribution in [0.3, 0.4) is 0 Å². The highest BCUT2D eigenvalue weighted by atomic mass is 32.2. The van der Waals surface area contributed by atoms with E-state index in [1.54, 1.807) is 12.3 Å². The number of hydrogen-bond acceptors (Lipinski definition) is 4. The summed E-state index contributed by atoms with van der Waals surface area (Å²) in [5, 5.41) is 8.91. The Hall–Kier alpha value is -1.23. The fraction of sp³-hybridized carbons (Fsp3) is 0.400. The molecule has 80 valence electrons. The van der Waals surface area contributed by atoms with Gasteiger partial charge in [-0.1, -0.05) is 0 Å². The highest BCUT2D eigenvalue weighted by Gasteiger charge is 2.20. The lowest BCUT2D eigenvalue weighted by Crippen LogP contribution is -2.17. The van der Waals surface area contributed by atoms with Crippen LogP contribution in [-0.4, -0.2) is 33.7 Å². The van der Waals surface area contributed by atoms with Crippen molar-refractivity contribution in [2.24, 2.45) is 0 Å².